The SMILES string of the molecule is O=C1CCC(C(=O)Nc2nc3cc4c(cc3s2)OCO4)(C(F)(F)F)CC1. The van der Waals surface area contributed by atoms with Crippen LogP contribution in [0.2, 0.25) is 0 Å². The zero-order valence-electron chi connectivity index (χ0n) is 13.3. The zero-order chi connectivity index (χ0) is 18.5. The molecule has 1 amide bonds. The number of benzene rings is 1. The van der Waals surface area contributed by atoms with Crippen molar-refractivity contribution in [1.29, 1.82) is 0 Å². The number of ether oxygens (including phenoxy) is 2. The highest BCUT2D eigenvalue weighted by atomic mass is 32.1. The zero-order valence-corrected chi connectivity index (χ0v) is 14.1. The minimum absolute atomic E-state index is 0.0641. The van der Waals surface area contributed by atoms with Gasteiger partial charge in [-0.2, -0.15) is 13.2 Å². The highest BCUT2D eigenvalue weighted by Crippen LogP contribution is 2.49. The molecule has 1 aromatic carbocycles. The number of aromatic nitrogens is 1. The van der Waals surface area contributed by atoms with Crippen LogP contribution in [0.4, 0.5) is 18.3 Å². The molecule has 2 aliphatic rings. The monoisotopic (exact) mass is 386 g/mol. The van der Waals surface area contributed by atoms with Crippen LogP contribution < -0.4 is 14.8 Å². The Morgan fingerprint density at radius 1 is 1.19 bits per heavy atom. The molecule has 1 aliphatic heterocycles. The summed E-state index contributed by atoms with van der Waals surface area (Å²) in [6, 6.07) is 3.28. The summed E-state index contributed by atoms with van der Waals surface area (Å²) in [6.45, 7) is 0.100. The Kier molecular flexibility index (Phi) is 3.83. The molecule has 0 spiro atoms. The van der Waals surface area contributed by atoms with Crippen molar-refractivity contribution in [3.63, 3.8) is 0 Å². The number of nitrogens with zero attached hydrogens (tertiary/aromatic N) is 1. The number of ketones is 1. The quantitative estimate of drug-likeness (QED) is 0.852. The van der Waals surface area contributed by atoms with Gasteiger partial charge in [0, 0.05) is 25.0 Å². The average molecular weight is 386 g/mol. The first kappa shape index (κ1) is 17.1. The van der Waals surface area contributed by atoms with Gasteiger partial charge >= 0.3 is 6.18 Å². The van der Waals surface area contributed by atoms with Gasteiger partial charge in [0.05, 0.1) is 10.2 Å². The van der Waals surface area contributed by atoms with E-state index in [0.717, 1.165) is 11.3 Å². The third-order valence-corrected chi connectivity index (χ3v) is 5.68. The van der Waals surface area contributed by atoms with Crippen LogP contribution in [-0.4, -0.2) is 29.6 Å². The summed E-state index contributed by atoms with van der Waals surface area (Å²) >= 11 is 1.05. The lowest BCUT2D eigenvalue weighted by molar-refractivity contribution is -0.226. The molecule has 138 valence electrons. The number of halogens is 3. The van der Waals surface area contributed by atoms with Gasteiger partial charge in [0.1, 0.15) is 11.2 Å². The third kappa shape index (κ3) is 2.68. The topological polar surface area (TPSA) is 77.5 Å². The molecule has 0 saturated heterocycles. The van der Waals surface area contributed by atoms with Gasteiger partial charge in [-0.3, -0.25) is 9.59 Å². The van der Waals surface area contributed by atoms with Gasteiger partial charge in [0.15, 0.2) is 16.6 Å². The first-order valence-corrected chi connectivity index (χ1v) is 8.70. The minimum Gasteiger partial charge on any atom is -0.454 e. The number of carbonyl (C=O) groups excluding carboxylic acids is 2. The van der Waals surface area contributed by atoms with Crippen LogP contribution in [0.25, 0.3) is 10.2 Å². The van der Waals surface area contributed by atoms with E-state index in [1.165, 1.54) is 0 Å². The number of Topliss-reactive ketones (excluding diaryl/α,β-unsaturated/α-hetero) is 1. The van der Waals surface area contributed by atoms with Gasteiger partial charge in [-0.15, -0.1) is 0 Å². The van der Waals surface area contributed by atoms with Gasteiger partial charge < -0.3 is 14.8 Å². The van der Waals surface area contributed by atoms with Gasteiger partial charge in [-0.1, -0.05) is 11.3 Å². The predicted octanol–water partition coefficient (Wildman–Crippen LogP) is 3.66. The molecule has 6 nitrogen and oxygen atoms in total. The number of thiazole rings is 1. The van der Waals surface area contributed by atoms with Crippen molar-refractivity contribution >= 4 is 38.4 Å². The number of alkyl halides is 3. The second-order valence-electron chi connectivity index (χ2n) is 6.26. The van der Waals surface area contributed by atoms with Crippen molar-refractivity contribution in [3.8, 4) is 11.5 Å². The Labute approximate surface area is 149 Å². The first-order valence-electron chi connectivity index (χ1n) is 7.89. The van der Waals surface area contributed by atoms with E-state index in [0.29, 0.717) is 21.7 Å². The second-order valence-corrected chi connectivity index (χ2v) is 7.30. The number of anilines is 1. The molecular weight excluding hydrogens is 373 g/mol. The Morgan fingerprint density at radius 2 is 1.85 bits per heavy atom. The smallest absolute Gasteiger partial charge is 0.403 e. The molecule has 1 N–H and O–H groups in total. The maximum atomic E-state index is 13.6. The molecule has 0 atom stereocenters. The van der Waals surface area contributed by atoms with E-state index in [1.807, 2.05) is 0 Å². The number of hydrogen-bond acceptors (Lipinski definition) is 6. The van der Waals surface area contributed by atoms with Crippen molar-refractivity contribution in [3.05, 3.63) is 12.1 Å². The molecule has 1 fully saturated rings. The number of amides is 1. The van der Waals surface area contributed by atoms with Crippen molar-refractivity contribution in [2.45, 2.75) is 31.9 Å². The number of carbonyl (C=O) groups is 2. The summed E-state index contributed by atoms with van der Waals surface area (Å²) in [7, 11) is 0. The lowest BCUT2D eigenvalue weighted by atomic mass is 9.72. The summed E-state index contributed by atoms with van der Waals surface area (Å²) in [5, 5.41) is 2.36. The van der Waals surface area contributed by atoms with Crippen LogP contribution in [0.5, 0.6) is 11.5 Å². The molecule has 0 radical (unpaired) electrons. The number of hydrogen-bond donors (Lipinski definition) is 1. The molecule has 0 unspecified atom stereocenters. The van der Waals surface area contributed by atoms with Crippen LogP contribution >= 0.6 is 11.3 Å². The summed E-state index contributed by atoms with van der Waals surface area (Å²) < 4.78 is 52.0. The van der Waals surface area contributed by atoms with E-state index in [4.69, 9.17) is 9.47 Å². The molecule has 10 heteroatoms. The van der Waals surface area contributed by atoms with E-state index in [2.05, 4.69) is 10.3 Å². The fourth-order valence-electron chi connectivity index (χ4n) is 3.18. The normalized spacial score (nSPS) is 19.0. The predicted molar refractivity (Wildman–Crippen MR) is 86.3 cm³/mol. The van der Waals surface area contributed by atoms with Crippen LogP contribution in [-0.2, 0) is 9.59 Å². The lowest BCUT2D eigenvalue weighted by Gasteiger charge is -2.36. The maximum absolute atomic E-state index is 13.6. The van der Waals surface area contributed by atoms with E-state index < -0.39 is 30.3 Å². The van der Waals surface area contributed by atoms with Crippen molar-refractivity contribution in [2.24, 2.45) is 5.41 Å². The summed E-state index contributed by atoms with van der Waals surface area (Å²) in [6.07, 6.45) is -6.33. The van der Waals surface area contributed by atoms with Gasteiger partial charge in [0.2, 0.25) is 12.7 Å². The summed E-state index contributed by atoms with van der Waals surface area (Å²) in [4.78, 5) is 28.0. The number of rotatable bonds is 2. The minimum atomic E-state index is -4.74. The fourth-order valence-corrected chi connectivity index (χ4v) is 4.05. The largest absolute Gasteiger partial charge is 0.454 e. The van der Waals surface area contributed by atoms with E-state index >= 15 is 0 Å². The first-order chi connectivity index (χ1) is 12.3. The van der Waals surface area contributed by atoms with E-state index in [9.17, 15) is 22.8 Å². The van der Waals surface area contributed by atoms with Crippen LogP contribution in [0.15, 0.2) is 12.1 Å². The average Bonchev–Trinajstić information content (AvgIpc) is 3.17. The Bertz CT molecular complexity index is 858. The Balaban J connectivity index is 1.62. The molecule has 2 aromatic rings. The highest BCUT2D eigenvalue weighted by molar-refractivity contribution is 7.22. The van der Waals surface area contributed by atoms with Crippen molar-refractivity contribution in [2.75, 3.05) is 12.1 Å². The standard InChI is InChI=1S/C16H13F3N2O4S/c17-16(18,19)15(3-1-8(22)2-4-15)13(23)21-14-20-9-5-10-11(25-7-24-10)6-12(9)26-14/h5-6H,1-4,7H2,(H,20,21,23). The molecule has 1 saturated carbocycles. The molecular formula is C16H13F3N2O4S. The van der Waals surface area contributed by atoms with Crippen molar-refractivity contribution in [1.82, 2.24) is 4.98 Å². The van der Waals surface area contributed by atoms with Gasteiger partial charge in [0.25, 0.3) is 0 Å². The van der Waals surface area contributed by atoms with E-state index in [-0.39, 0.29) is 30.5 Å². The van der Waals surface area contributed by atoms with Gasteiger partial charge in [-0.25, -0.2) is 4.98 Å². The number of nitrogens with one attached hydrogen (secondary N) is 1. The molecule has 26 heavy (non-hydrogen) atoms. The molecule has 2 heterocycles. The number of fused-ring (bicyclic) bond motifs is 2. The second kappa shape index (κ2) is 5.83. The van der Waals surface area contributed by atoms with Crippen LogP contribution in [0, 0.1) is 5.41 Å². The Morgan fingerprint density at radius 3 is 2.50 bits per heavy atom. The third-order valence-electron chi connectivity index (χ3n) is 4.74. The Hall–Kier alpha value is -2.36. The molecule has 4 rings (SSSR count). The van der Waals surface area contributed by atoms with Crippen LogP contribution in [0.3, 0.4) is 0 Å². The fraction of sp³-hybridized carbons (Fsp3) is 0.438. The molecule has 1 aliphatic carbocycles. The molecule has 1 aromatic heterocycles. The summed E-state index contributed by atoms with van der Waals surface area (Å²) in [5.41, 5.74) is -2.07. The van der Waals surface area contributed by atoms with Gasteiger partial charge in [-0.05, 0) is 12.8 Å². The maximum Gasteiger partial charge on any atom is 0.403 e. The molecule has 0 bridgehead atoms. The lowest BCUT2D eigenvalue weighted by Crippen LogP contribution is -2.50. The van der Waals surface area contributed by atoms with E-state index in [1.54, 1.807) is 12.1 Å². The summed E-state index contributed by atoms with van der Waals surface area (Å²) in [5.74, 6) is -0.404. The van der Waals surface area contributed by atoms with Crippen LogP contribution in [0.1, 0.15) is 25.7 Å². The van der Waals surface area contributed by atoms with Crippen molar-refractivity contribution < 1.29 is 32.2 Å². The highest BCUT2D eigenvalue weighted by Gasteiger charge is 2.61.